The lowest BCUT2D eigenvalue weighted by atomic mass is 10.1. The third-order valence-electron chi connectivity index (χ3n) is 3.48. The predicted octanol–water partition coefficient (Wildman–Crippen LogP) is 3.01. The van der Waals surface area contributed by atoms with Crippen LogP contribution < -0.4 is 10.5 Å². The van der Waals surface area contributed by atoms with Gasteiger partial charge in [0.05, 0.1) is 18.9 Å². The molecule has 0 aromatic heterocycles. The molecule has 1 saturated carbocycles. The fraction of sp³-hybridized carbons (Fsp3) is 0.533. The number of para-hydroxylation sites is 1. The van der Waals surface area contributed by atoms with Gasteiger partial charge in [-0.15, -0.1) is 0 Å². The summed E-state index contributed by atoms with van der Waals surface area (Å²) >= 11 is 0. The summed E-state index contributed by atoms with van der Waals surface area (Å²) in [5, 5.41) is 0. The van der Waals surface area contributed by atoms with Gasteiger partial charge in [0, 0.05) is 0 Å². The Hall–Kier alpha value is -1.71. The number of hydrogen-bond acceptors (Lipinski definition) is 4. The maximum Gasteiger partial charge on any atom is 0.341 e. The molecular formula is C15H21NO3. The number of benzene rings is 1. The summed E-state index contributed by atoms with van der Waals surface area (Å²) in [5.74, 6) is 0.665. The Kier molecular flexibility index (Phi) is 4.66. The zero-order valence-corrected chi connectivity index (χ0v) is 11.4. The molecule has 2 N–H and O–H groups in total. The number of carbonyl (C=O) groups excluding carboxylic acids is 1. The molecule has 0 unspecified atom stereocenters. The van der Waals surface area contributed by atoms with Crippen LogP contribution >= 0.6 is 0 Å². The average molecular weight is 263 g/mol. The lowest BCUT2D eigenvalue weighted by molar-refractivity contribution is 0.0521. The van der Waals surface area contributed by atoms with E-state index >= 15 is 0 Å². The van der Waals surface area contributed by atoms with Crippen LogP contribution in [0.4, 0.5) is 5.69 Å². The molecule has 1 aliphatic carbocycles. The van der Waals surface area contributed by atoms with Crippen molar-refractivity contribution in [3.8, 4) is 5.75 Å². The molecule has 104 valence electrons. The van der Waals surface area contributed by atoms with Crippen LogP contribution in [0.3, 0.4) is 0 Å². The van der Waals surface area contributed by atoms with E-state index in [0.29, 0.717) is 36.1 Å². The van der Waals surface area contributed by atoms with E-state index in [0.717, 1.165) is 0 Å². The number of nitrogens with two attached hydrogens (primary N) is 1. The minimum absolute atomic E-state index is 0.343. The first-order chi connectivity index (χ1) is 9.22. The molecule has 2 rings (SSSR count). The minimum Gasteiger partial charge on any atom is -0.490 e. The highest BCUT2D eigenvalue weighted by Crippen LogP contribution is 2.30. The van der Waals surface area contributed by atoms with Crippen LogP contribution in [0, 0.1) is 5.92 Å². The molecule has 4 heteroatoms. The van der Waals surface area contributed by atoms with Gasteiger partial charge in [0.1, 0.15) is 5.56 Å². The van der Waals surface area contributed by atoms with E-state index in [1.807, 2.05) is 0 Å². The third-order valence-corrected chi connectivity index (χ3v) is 3.48. The molecule has 0 saturated heterocycles. The number of ether oxygens (including phenoxy) is 2. The van der Waals surface area contributed by atoms with Crippen molar-refractivity contribution in [1.82, 2.24) is 0 Å². The van der Waals surface area contributed by atoms with Crippen LogP contribution in [0.25, 0.3) is 0 Å². The Labute approximate surface area is 113 Å². The van der Waals surface area contributed by atoms with Crippen molar-refractivity contribution in [2.45, 2.75) is 32.6 Å². The normalized spacial score (nSPS) is 15.4. The quantitative estimate of drug-likeness (QED) is 0.655. The second-order valence-electron chi connectivity index (χ2n) is 4.91. The predicted molar refractivity (Wildman–Crippen MR) is 74.3 cm³/mol. The van der Waals surface area contributed by atoms with E-state index in [1.165, 1.54) is 25.7 Å². The number of esters is 1. The van der Waals surface area contributed by atoms with E-state index in [-0.39, 0.29) is 5.97 Å². The highest BCUT2D eigenvalue weighted by Gasteiger charge is 2.20. The van der Waals surface area contributed by atoms with Gasteiger partial charge >= 0.3 is 5.97 Å². The molecule has 0 atom stereocenters. The summed E-state index contributed by atoms with van der Waals surface area (Å²) in [7, 11) is 0. The summed E-state index contributed by atoms with van der Waals surface area (Å²) in [4.78, 5) is 11.9. The van der Waals surface area contributed by atoms with Crippen molar-refractivity contribution in [3.63, 3.8) is 0 Å². The van der Waals surface area contributed by atoms with Gasteiger partial charge in [-0.2, -0.15) is 0 Å². The Morgan fingerprint density at radius 2 is 2.11 bits per heavy atom. The zero-order chi connectivity index (χ0) is 13.7. The first-order valence-electron chi connectivity index (χ1n) is 6.90. The van der Waals surface area contributed by atoms with E-state index < -0.39 is 0 Å². The summed E-state index contributed by atoms with van der Waals surface area (Å²) in [6.45, 7) is 2.75. The van der Waals surface area contributed by atoms with Crippen molar-refractivity contribution in [3.05, 3.63) is 23.8 Å². The summed E-state index contributed by atoms with van der Waals surface area (Å²) in [5.41, 5.74) is 6.81. The van der Waals surface area contributed by atoms with Gasteiger partial charge in [-0.3, -0.25) is 0 Å². The molecule has 1 aromatic rings. The minimum atomic E-state index is -0.378. The number of carbonyl (C=O) groups is 1. The molecule has 0 bridgehead atoms. The maximum absolute atomic E-state index is 11.9. The Morgan fingerprint density at radius 1 is 1.37 bits per heavy atom. The van der Waals surface area contributed by atoms with Gasteiger partial charge in [-0.1, -0.05) is 18.9 Å². The summed E-state index contributed by atoms with van der Waals surface area (Å²) in [6, 6.07) is 5.18. The molecule has 0 aliphatic heterocycles. The van der Waals surface area contributed by atoms with Crippen molar-refractivity contribution in [2.75, 3.05) is 18.9 Å². The first kappa shape index (κ1) is 13.7. The zero-order valence-electron chi connectivity index (χ0n) is 11.4. The third kappa shape index (κ3) is 3.40. The van der Waals surface area contributed by atoms with Crippen molar-refractivity contribution in [1.29, 1.82) is 0 Å². The van der Waals surface area contributed by atoms with E-state index in [9.17, 15) is 4.79 Å². The fourth-order valence-corrected chi connectivity index (χ4v) is 2.46. The van der Waals surface area contributed by atoms with E-state index in [4.69, 9.17) is 15.2 Å². The summed E-state index contributed by atoms with van der Waals surface area (Å²) < 4.78 is 10.8. The van der Waals surface area contributed by atoms with Gasteiger partial charge < -0.3 is 15.2 Å². The van der Waals surface area contributed by atoms with E-state index in [1.54, 1.807) is 25.1 Å². The van der Waals surface area contributed by atoms with Gasteiger partial charge in [-0.25, -0.2) is 4.79 Å². The molecule has 1 aliphatic rings. The molecule has 1 aromatic carbocycles. The summed E-state index contributed by atoms with van der Waals surface area (Å²) in [6.07, 6.45) is 4.93. The fourth-order valence-electron chi connectivity index (χ4n) is 2.46. The van der Waals surface area contributed by atoms with Crippen molar-refractivity contribution in [2.24, 2.45) is 5.92 Å². The average Bonchev–Trinajstić information content (AvgIpc) is 2.90. The van der Waals surface area contributed by atoms with Gasteiger partial charge in [-0.05, 0) is 37.8 Å². The first-order valence-corrected chi connectivity index (χ1v) is 6.90. The van der Waals surface area contributed by atoms with E-state index in [2.05, 4.69) is 0 Å². The molecule has 0 heterocycles. The molecule has 4 nitrogen and oxygen atoms in total. The smallest absolute Gasteiger partial charge is 0.341 e. The van der Waals surface area contributed by atoms with Crippen LogP contribution in [-0.4, -0.2) is 19.2 Å². The van der Waals surface area contributed by atoms with Crippen molar-refractivity contribution >= 4 is 11.7 Å². The Balaban J connectivity index is 2.10. The topological polar surface area (TPSA) is 61.5 Å². The second-order valence-corrected chi connectivity index (χ2v) is 4.91. The molecular weight excluding hydrogens is 242 g/mol. The number of anilines is 1. The molecule has 0 spiro atoms. The van der Waals surface area contributed by atoms with Crippen LogP contribution in [0.1, 0.15) is 43.0 Å². The van der Waals surface area contributed by atoms with Gasteiger partial charge in [0.25, 0.3) is 0 Å². The Morgan fingerprint density at radius 3 is 2.79 bits per heavy atom. The molecule has 1 fully saturated rings. The van der Waals surface area contributed by atoms with Crippen LogP contribution in [0.2, 0.25) is 0 Å². The standard InChI is InChI=1S/C15H21NO3/c1-2-18-15(17)12-8-5-9-13(16)14(12)19-10-11-6-3-4-7-11/h5,8-9,11H,2-4,6-7,10,16H2,1H3. The Bertz CT molecular complexity index is 439. The highest BCUT2D eigenvalue weighted by atomic mass is 16.5. The van der Waals surface area contributed by atoms with Crippen LogP contribution in [0.5, 0.6) is 5.75 Å². The number of rotatable bonds is 5. The highest BCUT2D eigenvalue weighted by molar-refractivity contribution is 5.94. The number of nitrogen functional groups attached to an aromatic ring is 1. The maximum atomic E-state index is 11.9. The van der Waals surface area contributed by atoms with Crippen LogP contribution in [-0.2, 0) is 4.74 Å². The SMILES string of the molecule is CCOC(=O)c1cccc(N)c1OCC1CCCC1. The van der Waals surface area contributed by atoms with Crippen molar-refractivity contribution < 1.29 is 14.3 Å². The lowest BCUT2D eigenvalue weighted by Gasteiger charge is -2.15. The molecule has 0 radical (unpaired) electrons. The van der Waals surface area contributed by atoms with Crippen LogP contribution in [0.15, 0.2) is 18.2 Å². The van der Waals surface area contributed by atoms with Gasteiger partial charge in [0.15, 0.2) is 5.75 Å². The molecule has 0 amide bonds. The lowest BCUT2D eigenvalue weighted by Crippen LogP contribution is -2.13. The van der Waals surface area contributed by atoms with Gasteiger partial charge in [0.2, 0.25) is 0 Å². The largest absolute Gasteiger partial charge is 0.490 e. The monoisotopic (exact) mass is 263 g/mol. The second kappa shape index (κ2) is 6.45. The molecule has 19 heavy (non-hydrogen) atoms. The number of hydrogen-bond donors (Lipinski definition) is 1.